The third kappa shape index (κ3) is 3.53. The van der Waals surface area contributed by atoms with Gasteiger partial charge in [0, 0.05) is 45.1 Å². The van der Waals surface area contributed by atoms with Gasteiger partial charge in [-0.2, -0.15) is 0 Å². The van der Waals surface area contributed by atoms with Gasteiger partial charge in [0.05, 0.1) is 0 Å². The van der Waals surface area contributed by atoms with E-state index < -0.39 is 0 Å². The Morgan fingerprint density at radius 2 is 2.24 bits per heavy atom. The summed E-state index contributed by atoms with van der Waals surface area (Å²) in [5.74, 6) is 0.659. The molecule has 21 heavy (non-hydrogen) atoms. The summed E-state index contributed by atoms with van der Waals surface area (Å²) < 4.78 is 0. The van der Waals surface area contributed by atoms with Crippen LogP contribution in [0, 0.1) is 5.92 Å². The number of aromatic nitrogens is 1. The van der Waals surface area contributed by atoms with E-state index in [4.69, 9.17) is 0 Å². The quantitative estimate of drug-likeness (QED) is 0.895. The van der Waals surface area contributed by atoms with Crippen LogP contribution in [0.4, 0.5) is 5.69 Å². The zero-order chi connectivity index (χ0) is 14.8. The zero-order valence-corrected chi connectivity index (χ0v) is 12.9. The van der Waals surface area contributed by atoms with Gasteiger partial charge < -0.3 is 15.1 Å². The van der Waals surface area contributed by atoms with Gasteiger partial charge >= 0.3 is 0 Å². The number of pyridine rings is 1. The predicted molar refractivity (Wildman–Crippen MR) is 83.4 cm³/mol. The molecular formula is C16H24N4O. The molecule has 2 heterocycles. The number of rotatable bonds is 5. The first kappa shape index (κ1) is 14.3. The van der Waals surface area contributed by atoms with E-state index >= 15 is 0 Å². The van der Waals surface area contributed by atoms with Crippen LogP contribution in [-0.4, -0.2) is 60.5 Å². The number of amides is 1. The fourth-order valence-corrected chi connectivity index (χ4v) is 2.95. The molecule has 2 aliphatic rings. The number of hydrogen-bond donors (Lipinski definition) is 1. The van der Waals surface area contributed by atoms with Crippen molar-refractivity contribution in [3.05, 3.63) is 24.0 Å². The second kappa shape index (κ2) is 6.02. The predicted octanol–water partition coefficient (Wildman–Crippen LogP) is 1.68. The first-order valence-corrected chi connectivity index (χ1v) is 7.79. The van der Waals surface area contributed by atoms with Gasteiger partial charge in [0.2, 0.25) is 0 Å². The molecule has 1 aromatic rings. The van der Waals surface area contributed by atoms with E-state index in [0.29, 0.717) is 11.6 Å². The van der Waals surface area contributed by atoms with Crippen LogP contribution in [0.3, 0.4) is 0 Å². The van der Waals surface area contributed by atoms with E-state index in [9.17, 15) is 4.79 Å². The molecule has 1 atom stereocenters. The normalized spacial score (nSPS) is 22.3. The largest absolute Gasteiger partial charge is 0.385 e. The van der Waals surface area contributed by atoms with Crippen LogP contribution in [-0.2, 0) is 0 Å². The molecule has 1 aromatic heterocycles. The Labute approximate surface area is 126 Å². The fourth-order valence-electron chi connectivity index (χ4n) is 2.95. The molecule has 5 heteroatoms. The van der Waals surface area contributed by atoms with Gasteiger partial charge in [0.15, 0.2) is 0 Å². The number of nitrogens with zero attached hydrogens (tertiary/aromatic N) is 3. The first-order valence-electron chi connectivity index (χ1n) is 7.79. The van der Waals surface area contributed by atoms with Crippen molar-refractivity contribution < 1.29 is 4.79 Å². The standard InChI is InChI=1S/C16H24N4O/c1-19(2)16(21)15-9-13(5-7-17-15)18-10-12-6-8-20(11-12)14-3-4-14/h5,7,9,12,14H,3-4,6,8,10-11H2,1-2H3,(H,17,18). The molecule has 1 unspecified atom stereocenters. The van der Waals surface area contributed by atoms with Crippen LogP contribution in [0.2, 0.25) is 0 Å². The number of nitrogens with one attached hydrogen (secondary N) is 1. The van der Waals surface area contributed by atoms with Crippen molar-refractivity contribution in [3.8, 4) is 0 Å². The number of carbonyl (C=O) groups excluding carboxylic acids is 1. The van der Waals surface area contributed by atoms with Crippen LogP contribution < -0.4 is 5.32 Å². The first-order chi connectivity index (χ1) is 10.1. The Bertz CT molecular complexity index is 513. The summed E-state index contributed by atoms with van der Waals surface area (Å²) in [5.41, 5.74) is 1.48. The molecule has 2 fully saturated rings. The average molecular weight is 288 g/mol. The van der Waals surface area contributed by atoms with Gasteiger partial charge in [-0.3, -0.25) is 9.78 Å². The molecule has 0 radical (unpaired) electrons. The van der Waals surface area contributed by atoms with Gasteiger partial charge in [0.1, 0.15) is 5.69 Å². The summed E-state index contributed by atoms with van der Waals surface area (Å²) in [6, 6.07) is 4.65. The summed E-state index contributed by atoms with van der Waals surface area (Å²) in [7, 11) is 3.49. The molecule has 1 amide bonds. The summed E-state index contributed by atoms with van der Waals surface area (Å²) in [5, 5.41) is 3.46. The van der Waals surface area contributed by atoms with Crippen molar-refractivity contribution in [2.75, 3.05) is 39.0 Å². The molecule has 1 aliphatic carbocycles. The van der Waals surface area contributed by atoms with Crippen LogP contribution in [0.1, 0.15) is 29.8 Å². The Balaban J connectivity index is 1.53. The number of hydrogen-bond acceptors (Lipinski definition) is 4. The molecule has 1 N–H and O–H groups in total. The SMILES string of the molecule is CN(C)C(=O)c1cc(NCC2CCN(C3CC3)C2)ccn1. The second-order valence-corrected chi connectivity index (χ2v) is 6.39. The van der Waals surface area contributed by atoms with Gasteiger partial charge in [0.25, 0.3) is 5.91 Å². The van der Waals surface area contributed by atoms with Crippen LogP contribution in [0.25, 0.3) is 0 Å². The van der Waals surface area contributed by atoms with Crippen molar-refractivity contribution in [2.24, 2.45) is 5.92 Å². The number of likely N-dealkylation sites (tertiary alicyclic amines) is 1. The molecule has 0 spiro atoms. The Morgan fingerprint density at radius 3 is 2.95 bits per heavy atom. The Morgan fingerprint density at radius 1 is 1.43 bits per heavy atom. The number of anilines is 1. The summed E-state index contributed by atoms with van der Waals surface area (Å²) in [4.78, 5) is 20.2. The van der Waals surface area contributed by atoms with Gasteiger partial charge in [-0.15, -0.1) is 0 Å². The highest BCUT2D eigenvalue weighted by Crippen LogP contribution is 2.31. The van der Waals surface area contributed by atoms with Gasteiger partial charge in [-0.05, 0) is 43.9 Å². The highest BCUT2D eigenvalue weighted by molar-refractivity contribution is 5.92. The van der Waals surface area contributed by atoms with E-state index in [1.807, 2.05) is 12.1 Å². The fraction of sp³-hybridized carbons (Fsp3) is 0.625. The Hall–Kier alpha value is -1.62. The van der Waals surface area contributed by atoms with Crippen LogP contribution in [0.15, 0.2) is 18.3 Å². The maximum Gasteiger partial charge on any atom is 0.272 e. The molecule has 3 rings (SSSR count). The topological polar surface area (TPSA) is 48.5 Å². The highest BCUT2D eigenvalue weighted by Gasteiger charge is 2.34. The Kier molecular flexibility index (Phi) is 4.10. The maximum atomic E-state index is 11.9. The lowest BCUT2D eigenvalue weighted by atomic mass is 10.1. The number of carbonyl (C=O) groups is 1. The molecule has 0 aromatic carbocycles. The summed E-state index contributed by atoms with van der Waals surface area (Å²) in [6.07, 6.45) is 5.75. The summed E-state index contributed by atoms with van der Waals surface area (Å²) in [6.45, 7) is 3.44. The van der Waals surface area contributed by atoms with Crippen molar-refractivity contribution in [1.29, 1.82) is 0 Å². The molecule has 1 saturated carbocycles. The van der Waals surface area contributed by atoms with Crippen LogP contribution >= 0.6 is 0 Å². The van der Waals surface area contributed by atoms with E-state index in [1.165, 1.54) is 32.4 Å². The molecule has 1 saturated heterocycles. The minimum absolute atomic E-state index is 0.0561. The minimum Gasteiger partial charge on any atom is -0.385 e. The van der Waals surface area contributed by atoms with Crippen molar-refractivity contribution >= 4 is 11.6 Å². The van der Waals surface area contributed by atoms with Crippen LogP contribution in [0.5, 0.6) is 0 Å². The van der Waals surface area contributed by atoms with Crippen molar-refractivity contribution in [2.45, 2.75) is 25.3 Å². The van der Waals surface area contributed by atoms with E-state index in [2.05, 4.69) is 15.2 Å². The lowest BCUT2D eigenvalue weighted by molar-refractivity contribution is 0.0822. The maximum absolute atomic E-state index is 11.9. The highest BCUT2D eigenvalue weighted by atomic mass is 16.2. The van der Waals surface area contributed by atoms with Crippen molar-refractivity contribution in [1.82, 2.24) is 14.8 Å². The molecule has 114 valence electrons. The monoisotopic (exact) mass is 288 g/mol. The smallest absolute Gasteiger partial charge is 0.272 e. The van der Waals surface area contributed by atoms with E-state index in [1.54, 1.807) is 25.2 Å². The lowest BCUT2D eigenvalue weighted by Crippen LogP contribution is -2.25. The molecular weight excluding hydrogens is 264 g/mol. The third-order valence-electron chi connectivity index (χ3n) is 4.36. The van der Waals surface area contributed by atoms with Gasteiger partial charge in [-0.25, -0.2) is 0 Å². The zero-order valence-electron chi connectivity index (χ0n) is 12.9. The minimum atomic E-state index is -0.0561. The van der Waals surface area contributed by atoms with E-state index in [-0.39, 0.29) is 5.91 Å². The molecule has 1 aliphatic heterocycles. The average Bonchev–Trinajstić information content (AvgIpc) is 3.23. The van der Waals surface area contributed by atoms with E-state index in [0.717, 1.165) is 18.3 Å². The lowest BCUT2D eigenvalue weighted by Gasteiger charge is -2.16. The van der Waals surface area contributed by atoms with Crippen molar-refractivity contribution in [3.63, 3.8) is 0 Å². The molecule has 5 nitrogen and oxygen atoms in total. The molecule has 0 bridgehead atoms. The second-order valence-electron chi connectivity index (χ2n) is 6.39. The third-order valence-corrected chi connectivity index (χ3v) is 4.36. The summed E-state index contributed by atoms with van der Waals surface area (Å²) >= 11 is 0. The van der Waals surface area contributed by atoms with Gasteiger partial charge in [-0.1, -0.05) is 0 Å².